The summed E-state index contributed by atoms with van der Waals surface area (Å²) in [5.74, 6) is 0.166. The number of likely N-dealkylation sites (tertiary alicyclic amines) is 1. The van der Waals surface area contributed by atoms with Gasteiger partial charge in [-0.05, 0) is 56.0 Å². The number of rotatable bonds is 4. The zero-order valence-corrected chi connectivity index (χ0v) is 15.1. The third kappa shape index (κ3) is 4.02. The molecular formula is C20H23N3O3. The fourth-order valence-electron chi connectivity index (χ4n) is 3.06. The molecule has 1 N–H and O–H groups in total. The number of aryl methyl sites for hydroxylation is 1. The molecule has 1 aliphatic heterocycles. The molecule has 3 rings (SSSR count). The molecule has 0 radical (unpaired) electrons. The van der Waals surface area contributed by atoms with E-state index >= 15 is 0 Å². The van der Waals surface area contributed by atoms with Crippen LogP contribution >= 0.6 is 0 Å². The Bertz CT molecular complexity index is 814. The molecule has 1 aromatic heterocycles. The van der Waals surface area contributed by atoms with E-state index in [1.54, 1.807) is 24.1 Å². The molecule has 0 atom stereocenters. The summed E-state index contributed by atoms with van der Waals surface area (Å²) >= 11 is 0. The molecule has 0 unspecified atom stereocenters. The molecule has 1 fully saturated rings. The van der Waals surface area contributed by atoms with Gasteiger partial charge in [-0.25, -0.2) is 0 Å². The van der Waals surface area contributed by atoms with Gasteiger partial charge in [-0.3, -0.25) is 14.6 Å². The Morgan fingerprint density at radius 2 is 1.88 bits per heavy atom. The zero-order valence-electron chi connectivity index (χ0n) is 15.1. The highest BCUT2D eigenvalue weighted by atomic mass is 16.5. The number of carbonyl (C=O) groups is 2. The first-order valence-electron chi connectivity index (χ1n) is 8.80. The summed E-state index contributed by atoms with van der Waals surface area (Å²) < 4.78 is 5.29. The van der Waals surface area contributed by atoms with Gasteiger partial charge in [0.1, 0.15) is 11.4 Å². The van der Waals surface area contributed by atoms with Crippen LogP contribution in [0.1, 0.15) is 45.7 Å². The molecule has 1 aromatic carbocycles. The first-order valence-corrected chi connectivity index (χ1v) is 8.80. The number of ether oxygens (including phenoxy) is 1. The number of hydrogen-bond acceptors (Lipinski definition) is 4. The Morgan fingerprint density at radius 1 is 1.12 bits per heavy atom. The highest BCUT2D eigenvalue weighted by Crippen LogP contribution is 2.25. The van der Waals surface area contributed by atoms with Gasteiger partial charge in [-0.2, -0.15) is 0 Å². The number of amides is 2. The van der Waals surface area contributed by atoms with Gasteiger partial charge in [0.25, 0.3) is 11.8 Å². The predicted octanol–water partition coefficient (Wildman–Crippen LogP) is 3.28. The van der Waals surface area contributed by atoms with Gasteiger partial charge in [0, 0.05) is 24.8 Å². The number of benzene rings is 1. The van der Waals surface area contributed by atoms with Crippen LogP contribution in [0.2, 0.25) is 0 Å². The minimum absolute atomic E-state index is 0.118. The molecule has 136 valence electrons. The number of methoxy groups -OCH3 is 1. The maximum absolute atomic E-state index is 12.6. The highest BCUT2D eigenvalue weighted by Gasteiger charge is 2.20. The molecule has 0 spiro atoms. The number of piperidine rings is 1. The van der Waals surface area contributed by atoms with Crippen molar-refractivity contribution in [1.82, 2.24) is 9.88 Å². The number of pyridine rings is 1. The summed E-state index contributed by atoms with van der Waals surface area (Å²) in [6.07, 6.45) is 4.68. The Hall–Kier alpha value is -2.89. The summed E-state index contributed by atoms with van der Waals surface area (Å²) in [4.78, 5) is 31.2. The maximum Gasteiger partial charge on any atom is 0.272 e. The molecule has 1 aliphatic rings. The van der Waals surface area contributed by atoms with Crippen LogP contribution in [0.25, 0.3) is 0 Å². The van der Waals surface area contributed by atoms with Gasteiger partial charge in [-0.1, -0.05) is 6.07 Å². The van der Waals surface area contributed by atoms with E-state index in [-0.39, 0.29) is 11.8 Å². The van der Waals surface area contributed by atoms with Crippen molar-refractivity contribution in [2.45, 2.75) is 26.2 Å². The molecule has 6 heteroatoms. The number of hydrogen-bond donors (Lipinski definition) is 1. The van der Waals surface area contributed by atoms with Crippen LogP contribution in [-0.2, 0) is 0 Å². The van der Waals surface area contributed by atoms with Crippen LogP contribution in [0.15, 0.2) is 36.5 Å². The van der Waals surface area contributed by atoms with Gasteiger partial charge < -0.3 is 15.0 Å². The monoisotopic (exact) mass is 353 g/mol. The lowest BCUT2D eigenvalue weighted by Gasteiger charge is -2.26. The molecule has 1 saturated heterocycles. The third-order valence-electron chi connectivity index (χ3n) is 4.49. The van der Waals surface area contributed by atoms with Crippen molar-refractivity contribution in [3.8, 4) is 5.75 Å². The van der Waals surface area contributed by atoms with Crippen LogP contribution in [0.3, 0.4) is 0 Å². The van der Waals surface area contributed by atoms with E-state index in [0.29, 0.717) is 22.7 Å². The van der Waals surface area contributed by atoms with Gasteiger partial charge in [0.05, 0.1) is 12.8 Å². The summed E-state index contributed by atoms with van der Waals surface area (Å²) in [7, 11) is 1.56. The number of nitrogens with zero attached hydrogens (tertiary/aromatic N) is 2. The normalized spacial score (nSPS) is 14.0. The number of nitrogens with one attached hydrogen (secondary N) is 1. The smallest absolute Gasteiger partial charge is 0.272 e. The standard InChI is InChI=1S/C20H23N3O3/c1-14-6-7-18(26-2)16(12-14)22-19(24)15-8-9-21-17(13-15)20(25)23-10-4-3-5-11-23/h6-9,12-13H,3-5,10-11H2,1-2H3,(H,22,24). The van der Waals surface area contributed by atoms with Crippen LogP contribution in [-0.4, -0.2) is 41.9 Å². The molecule has 26 heavy (non-hydrogen) atoms. The van der Waals surface area contributed by atoms with E-state index in [9.17, 15) is 9.59 Å². The highest BCUT2D eigenvalue weighted by molar-refractivity contribution is 6.06. The second-order valence-electron chi connectivity index (χ2n) is 6.44. The van der Waals surface area contributed by atoms with Crippen molar-refractivity contribution in [2.24, 2.45) is 0 Å². The lowest BCUT2D eigenvalue weighted by molar-refractivity contribution is 0.0718. The largest absolute Gasteiger partial charge is 0.495 e. The summed E-state index contributed by atoms with van der Waals surface area (Å²) in [5, 5.41) is 2.85. The van der Waals surface area contributed by atoms with E-state index in [0.717, 1.165) is 37.9 Å². The molecular weight excluding hydrogens is 330 g/mol. The van der Waals surface area contributed by atoms with Crippen molar-refractivity contribution in [3.63, 3.8) is 0 Å². The fraction of sp³-hybridized carbons (Fsp3) is 0.350. The number of carbonyl (C=O) groups excluding carboxylic acids is 2. The van der Waals surface area contributed by atoms with E-state index in [1.807, 2.05) is 25.1 Å². The Morgan fingerprint density at radius 3 is 2.62 bits per heavy atom. The van der Waals surface area contributed by atoms with Crippen molar-refractivity contribution in [2.75, 3.05) is 25.5 Å². The second-order valence-corrected chi connectivity index (χ2v) is 6.44. The Kier molecular flexibility index (Phi) is 5.51. The molecule has 0 saturated carbocycles. The maximum atomic E-state index is 12.6. The van der Waals surface area contributed by atoms with Gasteiger partial charge >= 0.3 is 0 Å². The van der Waals surface area contributed by atoms with E-state index < -0.39 is 0 Å². The average Bonchev–Trinajstić information content (AvgIpc) is 2.68. The first kappa shape index (κ1) is 17.9. The molecule has 2 heterocycles. The van der Waals surface area contributed by atoms with Gasteiger partial charge in [0.2, 0.25) is 0 Å². The minimum atomic E-state index is -0.302. The SMILES string of the molecule is COc1ccc(C)cc1NC(=O)c1ccnc(C(=O)N2CCCCC2)c1. The lowest BCUT2D eigenvalue weighted by atomic mass is 10.1. The fourth-order valence-corrected chi connectivity index (χ4v) is 3.06. The summed E-state index contributed by atoms with van der Waals surface area (Å²) in [5.41, 5.74) is 2.30. The number of anilines is 1. The molecule has 0 bridgehead atoms. The zero-order chi connectivity index (χ0) is 18.5. The van der Waals surface area contributed by atoms with Crippen molar-refractivity contribution < 1.29 is 14.3 Å². The average molecular weight is 353 g/mol. The minimum Gasteiger partial charge on any atom is -0.495 e. The lowest BCUT2D eigenvalue weighted by Crippen LogP contribution is -2.36. The van der Waals surface area contributed by atoms with Crippen molar-refractivity contribution >= 4 is 17.5 Å². The molecule has 2 amide bonds. The summed E-state index contributed by atoms with van der Waals surface area (Å²) in [6.45, 7) is 3.44. The van der Waals surface area contributed by atoms with Gasteiger partial charge in [0.15, 0.2) is 0 Å². The van der Waals surface area contributed by atoms with Crippen LogP contribution in [0.4, 0.5) is 5.69 Å². The third-order valence-corrected chi connectivity index (χ3v) is 4.49. The van der Waals surface area contributed by atoms with Crippen molar-refractivity contribution in [1.29, 1.82) is 0 Å². The van der Waals surface area contributed by atoms with E-state index in [1.165, 1.54) is 6.20 Å². The van der Waals surface area contributed by atoms with Crippen LogP contribution in [0, 0.1) is 6.92 Å². The van der Waals surface area contributed by atoms with Crippen molar-refractivity contribution in [3.05, 3.63) is 53.3 Å². The topological polar surface area (TPSA) is 71.5 Å². The molecule has 0 aliphatic carbocycles. The Labute approximate surface area is 153 Å². The van der Waals surface area contributed by atoms with Gasteiger partial charge in [-0.15, -0.1) is 0 Å². The quantitative estimate of drug-likeness (QED) is 0.916. The number of aromatic nitrogens is 1. The molecule has 6 nitrogen and oxygen atoms in total. The first-order chi connectivity index (χ1) is 12.6. The van der Waals surface area contributed by atoms with Crippen LogP contribution in [0.5, 0.6) is 5.75 Å². The van der Waals surface area contributed by atoms with E-state index in [4.69, 9.17) is 4.74 Å². The summed E-state index contributed by atoms with van der Waals surface area (Å²) in [6, 6.07) is 8.72. The van der Waals surface area contributed by atoms with Crippen LogP contribution < -0.4 is 10.1 Å². The Balaban J connectivity index is 1.78. The van der Waals surface area contributed by atoms with E-state index in [2.05, 4.69) is 10.3 Å². The second kappa shape index (κ2) is 7.99. The molecule has 2 aromatic rings. The predicted molar refractivity (Wildman–Crippen MR) is 99.7 cm³/mol.